The van der Waals surface area contributed by atoms with Crippen LogP contribution in [0.3, 0.4) is 0 Å². The van der Waals surface area contributed by atoms with Gasteiger partial charge in [-0.2, -0.15) is 0 Å². The summed E-state index contributed by atoms with van der Waals surface area (Å²) in [6.45, 7) is 0.510. The van der Waals surface area contributed by atoms with Crippen molar-refractivity contribution in [3.05, 3.63) is 19.2 Å². The van der Waals surface area contributed by atoms with Crippen molar-refractivity contribution in [1.29, 1.82) is 0 Å². The molecule has 19 heavy (non-hydrogen) atoms. The molecule has 1 amide bonds. The average molecular weight is 411 g/mol. The fraction of sp³-hybridized carbons (Fsp3) is 0.500. The number of likely N-dealkylation sites (tertiary alicyclic amines) is 1. The van der Waals surface area contributed by atoms with E-state index < -0.39 is 12.0 Å². The van der Waals surface area contributed by atoms with Crippen LogP contribution in [0.5, 0.6) is 0 Å². The number of amides is 1. The van der Waals surface area contributed by atoms with Crippen LogP contribution in [0.4, 0.5) is 0 Å². The van der Waals surface area contributed by atoms with Crippen molar-refractivity contribution >= 4 is 55.1 Å². The normalized spacial score (nSPS) is 20.1. The van der Waals surface area contributed by atoms with Crippen LogP contribution in [-0.4, -0.2) is 34.5 Å². The first-order valence-electron chi connectivity index (χ1n) is 5.99. The summed E-state index contributed by atoms with van der Waals surface area (Å²) in [6, 6.07) is 1.03. The third kappa shape index (κ3) is 3.38. The second-order valence-corrected chi connectivity index (χ2v) is 8.19. The van der Waals surface area contributed by atoms with E-state index >= 15 is 0 Å². The van der Waals surface area contributed by atoms with Crippen molar-refractivity contribution in [2.45, 2.75) is 31.7 Å². The van der Waals surface area contributed by atoms with E-state index in [2.05, 4.69) is 31.9 Å². The first kappa shape index (κ1) is 15.0. The number of hydrogen-bond acceptors (Lipinski definition) is 3. The third-order valence-electron chi connectivity index (χ3n) is 3.19. The van der Waals surface area contributed by atoms with E-state index in [1.54, 1.807) is 6.07 Å². The Kier molecular flexibility index (Phi) is 5.03. The first-order chi connectivity index (χ1) is 9.00. The summed E-state index contributed by atoms with van der Waals surface area (Å²) < 4.78 is 1.59. The molecule has 1 aliphatic rings. The molecule has 0 saturated carbocycles. The molecular formula is C12H13Br2NO3S. The molecule has 1 saturated heterocycles. The fourth-order valence-corrected chi connectivity index (χ4v) is 5.03. The number of aliphatic carboxylic acids is 1. The summed E-state index contributed by atoms with van der Waals surface area (Å²) in [5, 5.41) is 9.29. The van der Waals surface area contributed by atoms with Gasteiger partial charge in [0.2, 0.25) is 0 Å². The highest BCUT2D eigenvalue weighted by Crippen LogP contribution is 2.33. The first-order valence-corrected chi connectivity index (χ1v) is 8.39. The Balaban J connectivity index is 2.28. The zero-order valence-corrected chi connectivity index (χ0v) is 14.1. The zero-order valence-electron chi connectivity index (χ0n) is 10.1. The molecule has 104 valence electrons. The lowest BCUT2D eigenvalue weighted by Gasteiger charge is -2.26. The van der Waals surface area contributed by atoms with E-state index in [0.29, 0.717) is 18.5 Å². The Bertz CT molecular complexity index is 503. The van der Waals surface area contributed by atoms with Crippen LogP contribution in [0.25, 0.3) is 0 Å². The van der Waals surface area contributed by atoms with Gasteiger partial charge in [0.25, 0.3) is 5.91 Å². The van der Waals surface area contributed by atoms with Gasteiger partial charge in [-0.3, -0.25) is 4.79 Å². The van der Waals surface area contributed by atoms with Crippen molar-refractivity contribution in [2.24, 2.45) is 0 Å². The number of nitrogens with zero attached hydrogens (tertiary/aromatic N) is 1. The van der Waals surface area contributed by atoms with Crippen molar-refractivity contribution < 1.29 is 14.7 Å². The van der Waals surface area contributed by atoms with Gasteiger partial charge >= 0.3 is 5.97 Å². The summed E-state index contributed by atoms with van der Waals surface area (Å²) in [5.41, 5.74) is 0.532. The van der Waals surface area contributed by atoms with Crippen LogP contribution in [0.15, 0.2) is 13.6 Å². The molecule has 1 N–H and O–H groups in total. The lowest BCUT2D eigenvalue weighted by atomic mass is 10.1. The van der Waals surface area contributed by atoms with Gasteiger partial charge in [-0.1, -0.05) is 12.8 Å². The molecule has 0 spiro atoms. The smallest absolute Gasteiger partial charge is 0.326 e. The molecular weight excluding hydrogens is 398 g/mol. The Hall–Kier alpha value is -0.400. The van der Waals surface area contributed by atoms with Gasteiger partial charge in [0.1, 0.15) is 6.04 Å². The fourth-order valence-electron chi connectivity index (χ4n) is 2.25. The molecule has 7 heteroatoms. The summed E-state index contributed by atoms with van der Waals surface area (Å²) in [6.07, 6.45) is 3.22. The topological polar surface area (TPSA) is 57.6 Å². The van der Waals surface area contributed by atoms with Gasteiger partial charge in [0, 0.05) is 6.54 Å². The Morgan fingerprint density at radius 3 is 2.63 bits per heavy atom. The minimum Gasteiger partial charge on any atom is -0.480 e. The van der Waals surface area contributed by atoms with Gasteiger partial charge in [-0.05, 0) is 50.8 Å². The number of carbonyl (C=O) groups excluding carboxylic acids is 1. The lowest BCUT2D eigenvalue weighted by Crippen LogP contribution is -2.44. The van der Waals surface area contributed by atoms with E-state index in [0.717, 1.165) is 26.8 Å². The molecule has 1 aromatic heterocycles. The van der Waals surface area contributed by atoms with Crippen LogP contribution in [0.1, 0.15) is 36.0 Å². The van der Waals surface area contributed by atoms with E-state index in [9.17, 15) is 14.7 Å². The molecule has 4 nitrogen and oxygen atoms in total. The highest BCUT2D eigenvalue weighted by atomic mass is 79.9. The molecule has 2 rings (SSSR count). The van der Waals surface area contributed by atoms with Crippen LogP contribution >= 0.6 is 43.2 Å². The highest BCUT2D eigenvalue weighted by molar-refractivity contribution is 9.12. The second-order valence-electron chi connectivity index (χ2n) is 4.44. The Morgan fingerprint density at radius 2 is 2.05 bits per heavy atom. The van der Waals surface area contributed by atoms with Crippen LogP contribution in [-0.2, 0) is 4.79 Å². The maximum absolute atomic E-state index is 12.5. The molecule has 0 aliphatic carbocycles. The molecule has 0 aromatic carbocycles. The number of carboxylic acids is 1. The number of hydrogen-bond donors (Lipinski definition) is 1. The summed E-state index contributed by atoms with van der Waals surface area (Å²) in [4.78, 5) is 25.3. The molecule has 1 aliphatic heterocycles. The predicted molar refractivity (Wildman–Crippen MR) is 80.6 cm³/mol. The molecule has 0 radical (unpaired) electrons. The predicted octanol–water partition coefficient (Wildman–Crippen LogP) is 3.74. The van der Waals surface area contributed by atoms with Gasteiger partial charge in [0.05, 0.1) is 13.1 Å². The quantitative estimate of drug-likeness (QED) is 0.807. The summed E-state index contributed by atoms with van der Waals surface area (Å²) >= 11 is 8.11. The Morgan fingerprint density at radius 1 is 1.32 bits per heavy atom. The number of halogens is 2. The van der Waals surface area contributed by atoms with Crippen LogP contribution < -0.4 is 0 Å². The number of carboxylic acid groups (broad SMARTS) is 1. The molecule has 1 fully saturated rings. The molecule has 2 heterocycles. The molecule has 0 bridgehead atoms. The van der Waals surface area contributed by atoms with E-state index in [1.165, 1.54) is 16.2 Å². The summed E-state index contributed by atoms with van der Waals surface area (Å²) in [7, 11) is 0. The van der Waals surface area contributed by atoms with Crippen molar-refractivity contribution in [3.63, 3.8) is 0 Å². The van der Waals surface area contributed by atoms with Crippen molar-refractivity contribution in [3.8, 4) is 0 Å². The minimum atomic E-state index is -0.916. The zero-order chi connectivity index (χ0) is 14.0. The Labute approximate surface area is 132 Å². The number of thiophene rings is 1. The molecule has 1 atom stereocenters. The van der Waals surface area contributed by atoms with E-state index in [1.807, 2.05) is 0 Å². The summed E-state index contributed by atoms with van der Waals surface area (Å²) in [5.74, 6) is -1.12. The monoisotopic (exact) mass is 409 g/mol. The van der Waals surface area contributed by atoms with Gasteiger partial charge < -0.3 is 10.0 Å². The maximum Gasteiger partial charge on any atom is 0.326 e. The van der Waals surface area contributed by atoms with E-state index in [4.69, 9.17) is 0 Å². The second kappa shape index (κ2) is 6.37. The number of carbonyl (C=O) groups is 2. The largest absolute Gasteiger partial charge is 0.480 e. The average Bonchev–Trinajstić information content (AvgIpc) is 2.57. The lowest BCUT2D eigenvalue weighted by molar-refractivity contribution is -0.142. The van der Waals surface area contributed by atoms with Crippen LogP contribution in [0, 0.1) is 0 Å². The SMILES string of the molecule is O=C(O)C1CCCCCN1C(=O)c1cc(Br)sc1Br. The van der Waals surface area contributed by atoms with Crippen LogP contribution in [0.2, 0.25) is 0 Å². The maximum atomic E-state index is 12.5. The van der Waals surface area contributed by atoms with Gasteiger partial charge in [0.15, 0.2) is 0 Å². The number of rotatable bonds is 2. The standard InChI is InChI=1S/C12H13Br2NO3S/c13-9-6-7(10(14)19-9)11(16)15-5-3-1-2-4-8(15)12(17)18/h6,8H,1-5H2,(H,17,18). The minimum absolute atomic E-state index is 0.205. The van der Waals surface area contributed by atoms with Gasteiger partial charge in [-0.25, -0.2) is 4.79 Å². The van der Waals surface area contributed by atoms with E-state index in [-0.39, 0.29) is 5.91 Å². The van der Waals surface area contributed by atoms with Gasteiger partial charge in [-0.15, -0.1) is 11.3 Å². The molecule has 1 aromatic rings. The molecule has 1 unspecified atom stereocenters. The van der Waals surface area contributed by atoms with Crippen molar-refractivity contribution in [1.82, 2.24) is 4.90 Å². The third-order valence-corrected chi connectivity index (χ3v) is 5.53. The highest BCUT2D eigenvalue weighted by Gasteiger charge is 2.32. The van der Waals surface area contributed by atoms with Crippen molar-refractivity contribution in [2.75, 3.05) is 6.54 Å².